The van der Waals surface area contributed by atoms with Crippen LogP contribution in [0.15, 0.2) is 48.6 Å². The number of aliphatic carboxylic acids is 1. The van der Waals surface area contributed by atoms with Crippen molar-refractivity contribution in [2.45, 2.75) is 56.8 Å². The van der Waals surface area contributed by atoms with E-state index in [0.717, 1.165) is 35.0 Å². The van der Waals surface area contributed by atoms with E-state index >= 15 is 0 Å². The van der Waals surface area contributed by atoms with Gasteiger partial charge in [0.05, 0.1) is 12.2 Å². The molecule has 0 amide bonds. The predicted octanol–water partition coefficient (Wildman–Crippen LogP) is 4.58. The van der Waals surface area contributed by atoms with Gasteiger partial charge in [0.1, 0.15) is 18.5 Å². The maximum Gasteiger partial charge on any atom is 0.303 e. The molecule has 2 bridgehead atoms. The summed E-state index contributed by atoms with van der Waals surface area (Å²) in [5.41, 5.74) is 0. The van der Waals surface area contributed by atoms with Crippen LogP contribution in [0.5, 0.6) is 5.75 Å². The number of hydrogen-bond donors (Lipinski definition) is 2. The molecule has 2 N–H and O–H groups in total. The number of fused-ring (bicyclic) bond motifs is 2. The smallest absolute Gasteiger partial charge is 0.303 e. The summed E-state index contributed by atoms with van der Waals surface area (Å²) in [6, 6.07) is 7.76. The van der Waals surface area contributed by atoms with Gasteiger partial charge < -0.3 is 19.7 Å². The molecule has 0 saturated carbocycles. The normalized spacial score (nSPS) is 27.1. The summed E-state index contributed by atoms with van der Waals surface area (Å²) in [6.45, 7) is 0.229. The van der Waals surface area contributed by atoms with Gasteiger partial charge in [-0.15, -0.1) is 0 Å². The minimum absolute atomic E-state index is 0.217. The largest absolute Gasteiger partial charge is 0.491 e. The molecular formula is C23H29IO5. The number of rotatable bonds is 11. The topological polar surface area (TPSA) is 76.0 Å². The molecule has 158 valence electrons. The minimum Gasteiger partial charge on any atom is -0.491 e. The fourth-order valence-corrected chi connectivity index (χ4v) is 4.51. The van der Waals surface area contributed by atoms with Crippen molar-refractivity contribution in [2.24, 2.45) is 11.8 Å². The van der Waals surface area contributed by atoms with Crippen LogP contribution in [-0.2, 0) is 9.53 Å². The Morgan fingerprint density at radius 1 is 1.24 bits per heavy atom. The molecule has 1 aromatic carbocycles. The Bertz CT molecular complexity index is 714. The van der Waals surface area contributed by atoms with E-state index < -0.39 is 12.1 Å². The first-order chi connectivity index (χ1) is 14.0. The molecule has 0 spiro atoms. The number of halogens is 1. The summed E-state index contributed by atoms with van der Waals surface area (Å²) in [5, 5.41) is 19.0. The molecule has 1 aromatic rings. The van der Waals surface area contributed by atoms with Crippen molar-refractivity contribution in [1.29, 1.82) is 0 Å². The average Bonchev–Trinajstić information content (AvgIpc) is 3.30. The molecule has 2 saturated heterocycles. The Morgan fingerprint density at radius 2 is 2.00 bits per heavy atom. The molecule has 0 aliphatic carbocycles. The molecule has 2 aliphatic heterocycles. The standard InChI is InChI=1S/C23H29IO5/c24-16-7-10-18(11-8-16)28-15-17(25)9-12-20-19(21-13-14-22(20)29-21)5-3-1-2-4-6-23(26)27/h1,3,7-12,17,19-22,25H,2,4-6,13-15H2,(H,26,27)/b3-1-,12-9+/t17-,19-,20-,21+,22-/m1/s1/i24-2. The molecule has 5 atom stereocenters. The van der Waals surface area contributed by atoms with Gasteiger partial charge in [0.15, 0.2) is 0 Å². The zero-order valence-electron chi connectivity index (χ0n) is 16.5. The van der Waals surface area contributed by atoms with Crippen LogP contribution in [0.25, 0.3) is 0 Å². The number of carboxylic acids is 1. The Hall–Kier alpha value is -1.38. The van der Waals surface area contributed by atoms with Crippen LogP contribution in [0.1, 0.15) is 38.5 Å². The lowest BCUT2D eigenvalue weighted by atomic mass is 9.77. The molecule has 2 heterocycles. The van der Waals surface area contributed by atoms with E-state index in [4.69, 9.17) is 14.6 Å². The van der Waals surface area contributed by atoms with Crippen molar-refractivity contribution in [3.63, 3.8) is 0 Å². The molecule has 0 aromatic heterocycles. The quantitative estimate of drug-likeness (QED) is 0.259. The molecule has 3 rings (SSSR count). The third-order valence-electron chi connectivity index (χ3n) is 5.61. The van der Waals surface area contributed by atoms with Crippen molar-refractivity contribution >= 4 is 28.6 Å². The van der Waals surface area contributed by atoms with Gasteiger partial charge in [-0.25, -0.2) is 0 Å². The van der Waals surface area contributed by atoms with E-state index in [9.17, 15) is 9.90 Å². The SMILES string of the molecule is O=C(O)CCC/C=C\C[C@@H]1[C@@H](/C=C/[C@@H](O)COc2ccc([125I])cc2)[C@H]2CC[C@@H]1O2. The van der Waals surface area contributed by atoms with Crippen molar-refractivity contribution in [3.8, 4) is 5.75 Å². The summed E-state index contributed by atoms with van der Waals surface area (Å²) in [6.07, 6.45) is 12.9. The zero-order chi connectivity index (χ0) is 20.6. The van der Waals surface area contributed by atoms with Gasteiger partial charge in [-0.1, -0.05) is 24.3 Å². The maximum atomic E-state index is 10.6. The number of aliphatic hydroxyl groups is 1. The maximum absolute atomic E-state index is 10.6. The van der Waals surface area contributed by atoms with Gasteiger partial charge in [0.25, 0.3) is 0 Å². The van der Waals surface area contributed by atoms with Crippen molar-refractivity contribution < 1.29 is 24.5 Å². The van der Waals surface area contributed by atoms with Crippen LogP contribution in [-0.4, -0.2) is 41.1 Å². The van der Waals surface area contributed by atoms with Crippen molar-refractivity contribution in [3.05, 3.63) is 52.1 Å². The van der Waals surface area contributed by atoms with Gasteiger partial charge in [0, 0.05) is 15.9 Å². The molecule has 0 unspecified atom stereocenters. The Balaban J connectivity index is 1.46. The van der Waals surface area contributed by atoms with E-state index in [-0.39, 0.29) is 19.1 Å². The van der Waals surface area contributed by atoms with Gasteiger partial charge in [-0.3, -0.25) is 4.79 Å². The number of ether oxygens (including phenoxy) is 2. The summed E-state index contributed by atoms with van der Waals surface area (Å²) >= 11 is 2.25. The summed E-state index contributed by atoms with van der Waals surface area (Å²) < 4.78 is 12.9. The second-order valence-electron chi connectivity index (χ2n) is 7.74. The highest BCUT2D eigenvalue weighted by Gasteiger charge is 2.46. The number of aliphatic hydroxyl groups excluding tert-OH is 1. The highest BCUT2D eigenvalue weighted by Crippen LogP contribution is 2.45. The van der Waals surface area contributed by atoms with Crippen molar-refractivity contribution in [2.75, 3.05) is 6.61 Å². The molecule has 0 radical (unpaired) electrons. The number of carbonyl (C=O) groups is 1. The molecular weight excluding hydrogens is 481 g/mol. The summed E-state index contributed by atoms with van der Waals surface area (Å²) in [4.78, 5) is 10.6. The zero-order valence-corrected chi connectivity index (χ0v) is 18.6. The van der Waals surface area contributed by atoms with Crippen LogP contribution in [0.3, 0.4) is 0 Å². The lowest BCUT2D eigenvalue weighted by Crippen LogP contribution is -2.26. The number of hydrogen-bond acceptors (Lipinski definition) is 4. The number of unbranched alkanes of at least 4 members (excludes halogenated alkanes) is 1. The van der Waals surface area contributed by atoms with Gasteiger partial charge >= 0.3 is 5.97 Å². The van der Waals surface area contributed by atoms with Crippen LogP contribution in [0.2, 0.25) is 0 Å². The monoisotopic (exact) mass is 510 g/mol. The summed E-state index contributed by atoms with van der Waals surface area (Å²) in [5.74, 6) is 0.747. The van der Waals surface area contributed by atoms with E-state index in [1.165, 1.54) is 0 Å². The third kappa shape index (κ3) is 6.83. The fourth-order valence-electron chi connectivity index (χ4n) is 4.15. The highest BCUT2D eigenvalue weighted by molar-refractivity contribution is 14.1. The Labute approximate surface area is 185 Å². The van der Waals surface area contributed by atoms with Crippen LogP contribution in [0.4, 0.5) is 0 Å². The molecule has 5 nitrogen and oxygen atoms in total. The minimum atomic E-state index is -0.741. The second-order valence-corrected chi connectivity index (χ2v) is 8.99. The first-order valence-electron chi connectivity index (χ1n) is 10.3. The molecule has 29 heavy (non-hydrogen) atoms. The first kappa shape index (κ1) is 22.3. The number of allylic oxidation sites excluding steroid dienone is 2. The molecule has 2 aliphatic rings. The molecule has 2 fully saturated rings. The Morgan fingerprint density at radius 3 is 2.76 bits per heavy atom. The average molecular weight is 510 g/mol. The predicted molar refractivity (Wildman–Crippen MR) is 120 cm³/mol. The van der Waals surface area contributed by atoms with Gasteiger partial charge in [-0.05, 0) is 84.9 Å². The van der Waals surface area contributed by atoms with E-state index in [1.807, 2.05) is 30.3 Å². The van der Waals surface area contributed by atoms with E-state index in [1.54, 1.807) is 0 Å². The van der Waals surface area contributed by atoms with Crippen molar-refractivity contribution in [1.82, 2.24) is 0 Å². The molecule has 6 heteroatoms. The summed E-state index contributed by atoms with van der Waals surface area (Å²) in [7, 11) is 0. The highest BCUT2D eigenvalue weighted by atomic mass is 125. The van der Waals surface area contributed by atoms with Gasteiger partial charge in [0.2, 0.25) is 0 Å². The fraction of sp³-hybridized carbons (Fsp3) is 0.522. The number of benzene rings is 1. The first-order valence-corrected chi connectivity index (χ1v) is 11.4. The van der Waals surface area contributed by atoms with Crippen LogP contribution >= 0.6 is 22.6 Å². The van der Waals surface area contributed by atoms with Crippen LogP contribution in [0, 0.1) is 15.4 Å². The third-order valence-corrected chi connectivity index (χ3v) is 6.33. The number of carboxylic acid groups (broad SMARTS) is 1. The van der Waals surface area contributed by atoms with E-state index in [2.05, 4.69) is 40.8 Å². The Kier molecular flexibility index (Phi) is 8.56. The second kappa shape index (κ2) is 11.1. The van der Waals surface area contributed by atoms with E-state index in [0.29, 0.717) is 24.4 Å². The van der Waals surface area contributed by atoms with Gasteiger partial charge in [-0.2, -0.15) is 0 Å². The lowest BCUT2D eigenvalue weighted by molar-refractivity contribution is -0.137. The lowest BCUT2D eigenvalue weighted by Gasteiger charge is -2.25. The van der Waals surface area contributed by atoms with Crippen LogP contribution < -0.4 is 4.74 Å².